The molecule has 1 amide bonds. The van der Waals surface area contributed by atoms with Gasteiger partial charge in [-0.2, -0.15) is 5.10 Å². The predicted octanol–water partition coefficient (Wildman–Crippen LogP) is 4.24. The highest BCUT2D eigenvalue weighted by atomic mass is 32.1. The average molecular weight is 357 g/mol. The van der Waals surface area contributed by atoms with Crippen molar-refractivity contribution in [1.29, 1.82) is 0 Å². The quantitative estimate of drug-likeness (QED) is 0.635. The zero-order valence-electron chi connectivity index (χ0n) is 14.6. The van der Waals surface area contributed by atoms with Gasteiger partial charge in [0.25, 0.3) is 0 Å². The van der Waals surface area contributed by atoms with Crippen molar-refractivity contribution in [3.8, 4) is 16.3 Å². The average Bonchev–Trinajstić information content (AvgIpc) is 3.02. The molecule has 0 radical (unpaired) electrons. The number of phenolic OH excluding ortho intramolecular Hbond substituents is 1. The number of aryl methyl sites for hydroxylation is 1. The Labute approximate surface area is 151 Å². The zero-order valence-corrected chi connectivity index (χ0v) is 15.4. The number of hydrogen-bond acceptors (Lipinski definition) is 5. The second kappa shape index (κ2) is 7.78. The maximum absolute atomic E-state index is 12.2. The fraction of sp³-hybridized carbons (Fsp3) is 0.421. The van der Waals surface area contributed by atoms with E-state index in [2.05, 4.69) is 15.5 Å². The van der Waals surface area contributed by atoms with Crippen molar-refractivity contribution < 1.29 is 9.90 Å². The number of aromatic nitrogens is 1. The number of rotatable bonds is 4. The fourth-order valence-electron chi connectivity index (χ4n) is 3.11. The predicted molar refractivity (Wildman–Crippen MR) is 101 cm³/mol. The number of hydrogen-bond donors (Lipinski definition) is 2. The third-order valence-corrected chi connectivity index (χ3v) is 5.86. The van der Waals surface area contributed by atoms with Gasteiger partial charge in [-0.3, -0.25) is 4.79 Å². The minimum Gasteiger partial charge on any atom is -0.508 e. The molecule has 1 heterocycles. The van der Waals surface area contributed by atoms with Crippen LogP contribution in [0.5, 0.6) is 5.75 Å². The van der Waals surface area contributed by atoms with Crippen molar-refractivity contribution in [3.05, 3.63) is 34.8 Å². The first-order valence-electron chi connectivity index (χ1n) is 8.66. The Bertz CT molecular complexity index is 774. The Kier molecular flexibility index (Phi) is 5.48. The second-order valence-electron chi connectivity index (χ2n) is 6.49. The number of amides is 1. The van der Waals surface area contributed by atoms with Gasteiger partial charge in [0.05, 0.1) is 16.3 Å². The van der Waals surface area contributed by atoms with E-state index >= 15 is 0 Å². The summed E-state index contributed by atoms with van der Waals surface area (Å²) in [6.07, 6.45) is 5.41. The molecule has 1 aliphatic carbocycles. The van der Waals surface area contributed by atoms with E-state index in [1.54, 1.807) is 12.1 Å². The van der Waals surface area contributed by atoms with E-state index < -0.39 is 0 Å². The number of benzene rings is 1. The highest BCUT2D eigenvalue weighted by Gasteiger charge is 2.21. The van der Waals surface area contributed by atoms with Crippen LogP contribution in [-0.4, -0.2) is 21.7 Å². The molecule has 2 aromatic rings. The van der Waals surface area contributed by atoms with E-state index in [0.29, 0.717) is 0 Å². The van der Waals surface area contributed by atoms with Gasteiger partial charge in [0.15, 0.2) is 0 Å². The number of carbonyl (C=O) groups is 1. The third kappa shape index (κ3) is 4.25. The number of aromatic hydroxyl groups is 1. The first-order valence-corrected chi connectivity index (χ1v) is 9.47. The highest BCUT2D eigenvalue weighted by Crippen LogP contribution is 2.29. The molecule has 3 rings (SSSR count). The minimum absolute atomic E-state index is 0.0278. The van der Waals surface area contributed by atoms with Gasteiger partial charge in [0.2, 0.25) is 5.91 Å². The molecule has 0 atom stereocenters. The summed E-state index contributed by atoms with van der Waals surface area (Å²) in [4.78, 5) is 17.8. The molecule has 25 heavy (non-hydrogen) atoms. The van der Waals surface area contributed by atoms with Crippen LogP contribution >= 0.6 is 11.3 Å². The summed E-state index contributed by atoms with van der Waals surface area (Å²) >= 11 is 1.54. The maximum atomic E-state index is 12.2. The summed E-state index contributed by atoms with van der Waals surface area (Å²) < 4.78 is 0. The molecule has 0 spiro atoms. The zero-order chi connectivity index (χ0) is 17.8. The summed E-state index contributed by atoms with van der Waals surface area (Å²) in [6, 6.07) is 6.98. The lowest BCUT2D eigenvalue weighted by molar-refractivity contribution is -0.125. The van der Waals surface area contributed by atoms with Gasteiger partial charge in [-0.25, -0.2) is 10.4 Å². The molecule has 132 valence electrons. The van der Waals surface area contributed by atoms with Crippen LogP contribution in [0, 0.1) is 12.8 Å². The molecule has 0 unspecified atom stereocenters. The smallest absolute Gasteiger partial charge is 0.243 e. The van der Waals surface area contributed by atoms with Crippen LogP contribution in [-0.2, 0) is 4.79 Å². The monoisotopic (exact) mass is 357 g/mol. The van der Waals surface area contributed by atoms with Gasteiger partial charge in [0, 0.05) is 11.5 Å². The van der Waals surface area contributed by atoms with Gasteiger partial charge < -0.3 is 5.11 Å². The molecule has 0 bridgehead atoms. The van der Waals surface area contributed by atoms with Crippen LogP contribution in [0.3, 0.4) is 0 Å². The Morgan fingerprint density at radius 3 is 2.60 bits per heavy atom. The SMILES string of the molecule is C/C(=N\NC(=O)C1CCCCC1)c1sc(-c2ccc(O)cc2)nc1C. The highest BCUT2D eigenvalue weighted by molar-refractivity contribution is 7.17. The molecule has 5 nitrogen and oxygen atoms in total. The molecule has 6 heteroatoms. The Hall–Kier alpha value is -2.21. The normalized spacial score (nSPS) is 16.0. The molecular formula is C19H23N3O2S. The first kappa shape index (κ1) is 17.6. The van der Waals surface area contributed by atoms with Crippen molar-refractivity contribution in [2.45, 2.75) is 46.0 Å². The standard InChI is InChI=1S/C19H23N3O2S/c1-12-17(25-19(20-12)15-8-10-16(23)11-9-15)13(2)21-22-18(24)14-6-4-3-5-7-14/h8-11,14,23H,3-7H2,1-2H3,(H,22,24)/b21-13+. The van der Waals surface area contributed by atoms with Crippen LogP contribution < -0.4 is 5.43 Å². The third-order valence-electron chi connectivity index (χ3n) is 4.55. The van der Waals surface area contributed by atoms with E-state index in [0.717, 1.165) is 52.5 Å². The first-order chi connectivity index (χ1) is 12.0. The molecule has 0 aliphatic heterocycles. The van der Waals surface area contributed by atoms with Crippen molar-refractivity contribution in [2.24, 2.45) is 11.0 Å². The molecule has 1 saturated carbocycles. The molecule has 1 aromatic heterocycles. The number of nitrogens with one attached hydrogen (secondary N) is 1. The van der Waals surface area contributed by atoms with Gasteiger partial charge >= 0.3 is 0 Å². The van der Waals surface area contributed by atoms with Gasteiger partial charge in [-0.1, -0.05) is 19.3 Å². The van der Waals surface area contributed by atoms with Crippen molar-refractivity contribution >= 4 is 23.0 Å². The van der Waals surface area contributed by atoms with Crippen LogP contribution in [0.4, 0.5) is 0 Å². The molecule has 1 aliphatic rings. The van der Waals surface area contributed by atoms with Crippen molar-refractivity contribution in [2.75, 3.05) is 0 Å². The van der Waals surface area contributed by atoms with Gasteiger partial charge in [-0.05, 0) is 51.0 Å². The number of carbonyl (C=O) groups excluding carboxylic acids is 1. The van der Waals surface area contributed by atoms with Crippen molar-refractivity contribution in [3.63, 3.8) is 0 Å². The summed E-state index contributed by atoms with van der Waals surface area (Å²) in [5, 5.41) is 14.6. The fourth-order valence-corrected chi connectivity index (χ4v) is 4.12. The molecule has 1 fully saturated rings. The lowest BCUT2D eigenvalue weighted by atomic mass is 9.89. The summed E-state index contributed by atoms with van der Waals surface area (Å²) in [5.41, 5.74) is 5.34. The van der Waals surface area contributed by atoms with Gasteiger partial charge in [0.1, 0.15) is 10.8 Å². The van der Waals surface area contributed by atoms with Crippen LogP contribution in [0.15, 0.2) is 29.4 Å². The molecule has 0 saturated heterocycles. The van der Waals surface area contributed by atoms with E-state index in [9.17, 15) is 9.90 Å². The van der Waals surface area contributed by atoms with Crippen LogP contribution in [0.1, 0.15) is 49.6 Å². The molecule has 1 aromatic carbocycles. The lowest BCUT2D eigenvalue weighted by Gasteiger charge is -2.19. The summed E-state index contributed by atoms with van der Waals surface area (Å²) in [6.45, 7) is 3.83. The summed E-state index contributed by atoms with van der Waals surface area (Å²) in [5.74, 6) is 0.362. The number of hydrazone groups is 1. The topological polar surface area (TPSA) is 74.6 Å². The second-order valence-corrected chi connectivity index (χ2v) is 7.49. The van der Waals surface area contributed by atoms with Gasteiger partial charge in [-0.15, -0.1) is 11.3 Å². The Balaban J connectivity index is 1.72. The molecule has 2 N–H and O–H groups in total. The number of phenols is 1. The van der Waals surface area contributed by atoms with Crippen LogP contribution in [0.2, 0.25) is 0 Å². The Morgan fingerprint density at radius 2 is 1.92 bits per heavy atom. The van der Waals surface area contributed by atoms with E-state index in [1.165, 1.54) is 17.8 Å². The van der Waals surface area contributed by atoms with E-state index in [1.807, 2.05) is 26.0 Å². The number of thiazole rings is 1. The largest absolute Gasteiger partial charge is 0.508 e. The maximum Gasteiger partial charge on any atom is 0.243 e. The number of nitrogens with zero attached hydrogens (tertiary/aromatic N) is 2. The van der Waals surface area contributed by atoms with E-state index in [-0.39, 0.29) is 17.6 Å². The van der Waals surface area contributed by atoms with E-state index in [4.69, 9.17) is 0 Å². The summed E-state index contributed by atoms with van der Waals surface area (Å²) in [7, 11) is 0. The lowest BCUT2D eigenvalue weighted by Crippen LogP contribution is -2.29. The Morgan fingerprint density at radius 1 is 1.24 bits per heavy atom. The van der Waals surface area contributed by atoms with Crippen molar-refractivity contribution in [1.82, 2.24) is 10.4 Å². The minimum atomic E-state index is 0.0278. The molecular weight excluding hydrogens is 334 g/mol. The van der Waals surface area contributed by atoms with Crippen LogP contribution in [0.25, 0.3) is 10.6 Å².